The van der Waals surface area contributed by atoms with Gasteiger partial charge in [0.15, 0.2) is 0 Å². The van der Waals surface area contributed by atoms with E-state index in [0.717, 1.165) is 16.0 Å². The molecule has 30 heavy (non-hydrogen) atoms. The van der Waals surface area contributed by atoms with Gasteiger partial charge in [-0.2, -0.15) is 0 Å². The van der Waals surface area contributed by atoms with Gasteiger partial charge >= 0.3 is 0 Å². The van der Waals surface area contributed by atoms with Crippen LogP contribution in [-0.4, -0.2) is 11.8 Å². The molecule has 0 radical (unpaired) electrons. The van der Waals surface area contributed by atoms with Crippen LogP contribution in [0.15, 0.2) is 76.5 Å². The number of halogens is 1. The van der Waals surface area contributed by atoms with Gasteiger partial charge in [-0.1, -0.05) is 65.3 Å². The molecule has 4 nitrogen and oxygen atoms in total. The Labute approximate surface area is 184 Å². The molecule has 0 spiro atoms. The van der Waals surface area contributed by atoms with Gasteiger partial charge in [0.25, 0.3) is 11.8 Å². The molecule has 1 aliphatic heterocycles. The SMILES string of the molecule is Cc1ccc(CNC(=O)c2ccc3c(c2)NC(=O)/C(=C\c2ccc(Cl)cc2)S3)cc1. The zero-order valence-corrected chi connectivity index (χ0v) is 17.8. The van der Waals surface area contributed by atoms with Gasteiger partial charge in [0.2, 0.25) is 0 Å². The number of carbonyl (C=O) groups is 2. The van der Waals surface area contributed by atoms with E-state index >= 15 is 0 Å². The summed E-state index contributed by atoms with van der Waals surface area (Å²) in [5.41, 5.74) is 4.26. The van der Waals surface area contributed by atoms with E-state index < -0.39 is 0 Å². The van der Waals surface area contributed by atoms with Crippen molar-refractivity contribution in [1.82, 2.24) is 5.32 Å². The summed E-state index contributed by atoms with van der Waals surface area (Å²) in [6, 6.07) is 20.7. The molecule has 0 fully saturated rings. The molecule has 0 aliphatic carbocycles. The lowest BCUT2D eigenvalue weighted by Gasteiger charge is -2.19. The predicted octanol–water partition coefficient (Wildman–Crippen LogP) is 5.66. The molecule has 1 aliphatic rings. The van der Waals surface area contributed by atoms with Crippen molar-refractivity contribution in [3.8, 4) is 0 Å². The summed E-state index contributed by atoms with van der Waals surface area (Å²) in [5, 5.41) is 6.45. The molecule has 3 aromatic carbocycles. The molecule has 2 N–H and O–H groups in total. The number of hydrogen-bond donors (Lipinski definition) is 2. The van der Waals surface area contributed by atoms with Crippen molar-refractivity contribution in [1.29, 1.82) is 0 Å². The molecule has 1 heterocycles. The Kier molecular flexibility index (Phi) is 5.93. The highest BCUT2D eigenvalue weighted by atomic mass is 35.5. The molecular formula is C24H19ClN2O2S. The van der Waals surface area contributed by atoms with Crippen molar-refractivity contribution in [2.45, 2.75) is 18.4 Å². The molecule has 4 rings (SSSR count). The lowest BCUT2D eigenvalue weighted by molar-refractivity contribution is -0.112. The first kappa shape index (κ1) is 20.3. The minimum atomic E-state index is -0.195. The number of anilines is 1. The van der Waals surface area contributed by atoms with E-state index in [1.54, 1.807) is 24.3 Å². The minimum absolute atomic E-state index is 0.180. The number of carbonyl (C=O) groups excluding carboxylic acids is 2. The summed E-state index contributed by atoms with van der Waals surface area (Å²) >= 11 is 7.30. The smallest absolute Gasteiger partial charge is 0.262 e. The quantitative estimate of drug-likeness (QED) is 0.520. The summed E-state index contributed by atoms with van der Waals surface area (Å²) in [5.74, 6) is -0.375. The highest BCUT2D eigenvalue weighted by molar-refractivity contribution is 8.04. The number of nitrogens with one attached hydrogen (secondary N) is 2. The molecule has 0 atom stereocenters. The molecular weight excluding hydrogens is 416 g/mol. The molecule has 0 unspecified atom stereocenters. The fourth-order valence-electron chi connectivity index (χ4n) is 3.00. The number of rotatable bonds is 4. The normalized spacial score (nSPS) is 14.2. The largest absolute Gasteiger partial charge is 0.348 e. The Morgan fingerprint density at radius 2 is 1.80 bits per heavy atom. The maximum atomic E-state index is 12.5. The third-order valence-electron chi connectivity index (χ3n) is 4.68. The van der Waals surface area contributed by atoms with Gasteiger partial charge in [-0.25, -0.2) is 0 Å². The van der Waals surface area contributed by atoms with Crippen molar-refractivity contribution in [2.75, 3.05) is 5.32 Å². The van der Waals surface area contributed by atoms with E-state index in [9.17, 15) is 9.59 Å². The maximum absolute atomic E-state index is 12.5. The van der Waals surface area contributed by atoms with Gasteiger partial charge in [0.05, 0.1) is 10.6 Å². The van der Waals surface area contributed by atoms with E-state index in [4.69, 9.17) is 11.6 Å². The van der Waals surface area contributed by atoms with Crippen LogP contribution in [0.2, 0.25) is 5.02 Å². The average molecular weight is 435 g/mol. The molecule has 6 heteroatoms. The highest BCUT2D eigenvalue weighted by Gasteiger charge is 2.22. The van der Waals surface area contributed by atoms with Gasteiger partial charge in [-0.05, 0) is 54.5 Å². The molecule has 0 bridgehead atoms. The Morgan fingerprint density at radius 1 is 1.07 bits per heavy atom. The zero-order chi connectivity index (χ0) is 21.1. The van der Waals surface area contributed by atoms with E-state index in [1.807, 2.05) is 55.5 Å². The first-order valence-corrected chi connectivity index (χ1v) is 10.6. The van der Waals surface area contributed by atoms with Crippen LogP contribution in [0.3, 0.4) is 0 Å². The predicted molar refractivity (Wildman–Crippen MR) is 123 cm³/mol. The molecule has 150 valence electrons. The Morgan fingerprint density at radius 3 is 2.53 bits per heavy atom. The van der Waals surface area contributed by atoms with Gasteiger partial charge < -0.3 is 10.6 Å². The fourth-order valence-corrected chi connectivity index (χ4v) is 4.06. The van der Waals surface area contributed by atoms with Crippen LogP contribution < -0.4 is 10.6 Å². The van der Waals surface area contributed by atoms with Gasteiger partial charge in [0, 0.05) is 22.0 Å². The maximum Gasteiger partial charge on any atom is 0.262 e. The zero-order valence-electron chi connectivity index (χ0n) is 16.2. The van der Waals surface area contributed by atoms with E-state index in [0.29, 0.717) is 27.7 Å². The highest BCUT2D eigenvalue weighted by Crippen LogP contribution is 2.39. The lowest BCUT2D eigenvalue weighted by Crippen LogP contribution is -2.23. The molecule has 3 aromatic rings. The van der Waals surface area contributed by atoms with Crippen LogP contribution in [0.5, 0.6) is 0 Å². The first-order chi connectivity index (χ1) is 14.5. The van der Waals surface area contributed by atoms with Crippen LogP contribution in [0, 0.1) is 6.92 Å². The second-order valence-electron chi connectivity index (χ2n) is 7.00. The third kappa shape index (κ3) is 4.75. The van der Waals surface area contributed by atoms with Gasteiger partial charge in [-0.15, -0.1) is 0 Å². The first-order valence-electron chi connectivity index (χ1n) is 9.42. The summed E-state index contributed by atoms with van der Waals surface area (Å²) in [6.45, 7) is 2.48. The summed E-state index contributed by atoms with van der Waals surface area (Å²) in [4.78, 5) is 26.5. The van der Waals surface area contributed by atoms with E-state index in [-0.39, 0.29) is 11.8 Å². The van der Waals surface area contributed by atoms with Gasteiger partial charge in [0.1, 0.15) is 0 Å². The Bertz CT molecular complexity index is 1140. The van der Waals surface area contributed by atoms with Crippen LogP contribution >= 0.6 is 23.4 Å². The van der Waals surface area contributed by atoms with Crippen molar-refractivity contribution in [3.05, 3.63) is 98.9 Å². The van der Waals surface area contributed by atoms with Crippen LogP contribution in [0.1, 0.15) is 27.0 Å². The van der Waals surface area contributed by atoms with Gasteiger partial charge in [-0.3, -0.25) is 9.59 Å². The second kappa shape index (κ2) is 8.78. The monoisotopic (exact) mass is 434 g/mol. The van der Waals surface area contributed by atoms with Crippen molar-refractivity contribution < 1.29 is 9.59 Å². The summed E-state index contributed by atoms with van der Waals surface area (Å²) in [7, 11) is 0. The lowest BCUT2D eigenvalue weighted by atomic mass is 10.1. The number of thioether (sulfide) groups is 1. The van der Waals surface area contributed by atoms with E-state index in [2.05, 4.69) is 10.6 Å². The fraction of sp³-hybridized carbons (Fsp3) is 0.0833. The standard InChI is InChI=1S/C24H19ClN2O2S/c1-15-2-4-17(5-3-15)14-26-23(28)18-8-11-21-20(13-18)27-24(29)22(30-21)12-16-6-9-19(25)10-7-16/h2-13H,14H2,1H3,(H,26,28)(H,27,29)/b22-12+. The van der Waals surface area contributed by atoms with Crippen molar-refractivity contribution >= 4 is 46.9 Å². The Hall–Kier alpha value is -3.02. The second-order valence-corrected chi connectivity index (χ2v) is 8.52. The molecule has 2 amide bonds. The number of aryl methyl sites for hydroxylation is 1. The van der Waals surface area contributed by atoms with Crippen LogP contribution in [0.4, 0.5) is 5.69 Å². The number of hydrogen-bond acceptors (Lipinski definition) is 3. The average Bonchev–Trinajstić information content (AvgIpc) is 2.75. The van der Waals surface area contributed by atoms with E-state index in [1.165, 1.54) is 17.3 Å². The summed E-state index contributed by atoms with van der Waals surface area (Å²) in [6.07, 6.45) is 1.82. The molecule has 0 saturated heterocycles. The topological polar surface area (TPSA) is 58.2 Å². The number of benzene rings is 3. The number of amides is 2. The summed E-state index contributed by atoms with van der Waals surface area (Å²) < 4.78 is 0. The minimum Gasteiger partial charge on any atom is -0.348 e. The Balaban J connectivity index is 1.47. The van der Waals surface area contributed by atoms with Crippen LogP contribution in [-0.2, 0) is 11.3 Å². The molecule has 0 saturated carbocycles. The van der Waals surface area contributed by atoms with Crippen molar-refractivity contribution in [3.63, 3.8) is 0 Å². The number of fused-ring (bicyclic) bond motifs is 1. The van der Waals surface area contributed by atoms with Crippen molar-refractivity contribution in [2.24, 2.45) is 0 Å². The molecule has 0 aromatic heterocycles. The van der Waals surface area contributed by atoms with Crippen LogP contribution in [0.25, 0.3) is 6.08 Å². The third-order valence-corrected chi connectivity index (χ3v) is 6.03.